The van der Waals surface area contributed by atoms with Crippen LogP contribution >= 0.6 is 0 Å². The Labute approximate surface area is 250 Å². The molecule has 1 amide bonds. The molecule has 0 bridgehead atoms. The maximum absolute atomic E-state index is 15.1. The molecule has 7 rings (SSSR count). The summed E-state index contributed by atoms with van der Waals surface area (Å²) in [5.74, 6) is -1.52. The highest BCUT2D eigenvalue weighted by Crippen LogP contribution is 2.62. The second kappa shape index (κ2) is 10.2. The molecule has 6 nitrogen and oxygen atoms in total. The van der Waals surface area contributed by atoms with Crippen molar-refractivity contribution in [1.82, 2.24) is 4.90 Å². The van der Waals surface area contributed by atoms with Crippen LogP contribution in [0.1, 0.15) is 49.0 Å². The average Bonchev–Trinajstić information content (AvgIpc) is 3.52. The third-order valence-electron chi connectivity index (χ3n) is 8.97. The second-order valence-electron chi connectivity index (χ2n) is 11.3. The molecule has 43 heavy (non-hydrogen) atoms. The molecule has 1 spiro atoms. The van der Waals surface area contributed by atoms with Gasteiger partial charge in [-0.25, -0.2) is 0 Å². The van der Waals surface area contributed by atoms with E-state index in [2.05, 4.69) is 11.9 Å². The summed E-state index contributed by atoms with van der Waals surface area (Å²) >= 11 is 0. The van der Waals surface area contributed by atoms with Crippen molar-refractivity contribution in [1.29, 1.82) is 0 Å². The van der Waals surface area contributed by atoms with Crippen LogP contribution in [0.2, 0.25) is 0 Å². The number of fused-ring (bicyclic) bond motifs is 6. The Hall–Kier alpha value is -5.23. The first-order chi connectivity index (χ1) is 21.0. The Bertz CT molecular complexity index is 1820. The molecule has 3 heterocycles. The van der Waals surface area contributed by atoms with Crippen LogP contribution in [0.5, 0.6) is 5.75 Å². The zero-order valence-electron chi connectivity index (χ0n) is 23.7. The molecule has 1 N–H and O–H groups in total. The average molecular weight is 567 g/mol. The zero-order chi connectivity index (χ0) is 29.7. The topological polar surface area (TPSA) is 75.7 Å². The number of aryl methyl sites for hydroxylation is 1. The van der Waals surface area contributed by atoms with Crippen LogP contribution in [0, 0.1) is 12.8 Å². The van der Waals surface area contributed by atoms with Crippen molar-refractivity contribution in [3.05, 3.63) is 149 Å². The number of carbonyl (C=O) groups excluding carboxylic acids is 3. The normalized spacial score (nSPS) is 22.9. The lowest BCUT2D eigenvalue weighted by atomic mass is 9.62. The smallest absolute Gasteiger partial charge is 0.238 e. The summed E-state index contributed by atoms with van der Waals surface area (Å²) < 4.78 is 5.93. The van der Waals surface area contributed by atoms with Crippen LogP contribution in [-0.2, 0) is 10.2 Å². The van der Waals surface area contributed by atoms with Crippen molar-refractivity contribution in [2.24, 2.45) is 5.92 Å². The molecule has 212 valence electrons. The van der Waals surface area contributed by atoms with E-state index in [9.17, 15) is 9.59 Å². The zero-order valence-corrected chi connectivity index (χ0v) is 23.7. The Morgan fingerprint density at radius 2 is 1.65 bits per heavy atom. The molecule has 4 atom stereocenters. The number of para-hydroxylation sites is 2. The van der Waals surface area contributed by atoms with E-state index in [0.717, 1.165) is 16.7 Å². The quantitative estimate of drug-likeness (QED) is 0.203. The van der Waals surface area contributed by atoms with Crippen LogP contribution in [0.25, 0.3) is 6.08 Å². The highest BCUT2D eigenvalue weighted by atomic mass is 16.5. The van der Waals surface area contributed by atoms with E-state index in [0.29, 0.717) is 28.1 Å². The number of carbonyl (C=O) groups is 3. The Kier molecular flexibility index (Phi) is 6.35. The van der Waals surface area contributed by atoms with E-state index in [4.69, 9.17) is 4.74 Å². The minimum atomic E-state index is -1.40. The molecule has 6 heteroatoms. The Balaban J connectivity index is 1.52. The van der Waals surface area contributed by atoms with Crippen molar-refractivity contribution in [3.63, 3.8) is 0 Å². The number of ether oxygens (including phenoxy) is 1. The lowest BCUT2D eigenvalue weighted by Gasteiger charge is -2.38. The third-order valence-corrected chi connectivity index (χ3v) is 8.97. The van der Waals surface area contributed by atoms with Gasteiger partial charge in [-0.05, 0) is 47.9 Å². The number of benzene rings is 4. The number of nitrogens with one attached hydrogen (secondary N) is 1. The Morgan fingerprint density at radius 3 is 2.47 bits per heavy atom. The summed E-state index contributed by atoms with van der Waals surface area (Å²) in [5, 5.41) is 3.09. The monoisotopic (exact) mass is 566 g/mol. The molecule has 0 radical (unpaired) electrons. The van der Waals surface area contributed by atoms with Gasteiger partial charge in [-0.15, -0.1) is 0 Å². The van der Waals surface area contributed by atoms with E-state index in [-0.39, 0.29) is 24.1 Å². The lowest BCUT2D eigenvalue weighted by Crippen LogP contribution is -2.49. The van der Waals surface area contributed by atoms with Crippen molar-refractivity contribution in [2.75, 3.05) is 11.9 Å². The van der Waals surface area contributed by atoms with Gasteiger partial charge in [-0.1, -0.05) is 97.1 Å². The predicted molar refractivity (Wildman–Crippen MR) is 166 cm³/mol. The predicted octanol–water partition coefficient (Wildman–Crippen LogP) is 6.54. The number of ketones is 2. The highest BCUT2D eigenvalue weighted by molar-refractivity contribution is 6.17. The largest absolute Gasteiger partial charge is 0.489 e. The minimum absolute atomic E-state index is 0.208. The van der Waals surface area contributed by atoms with Gasteiger partial charge >= 0.3 is 0 Å². The minimum Gasteiger partial charge on any atom is -0.489 e. The summed E-state index contributed by atoms with van der Waals surface area (Å²) in [6.45, 7) is 5.92. The van der Waals surface area contributed by atoms with E-state index in [1.807, 2.05) is 84.8 Å². The number of nitrogens with zero attached hydrogens (tertiary/aromatic N) is 1. The molecule has 3 aliphatic rings. The van der Waals surface area contributed by atoms with Gasteiger partial charge in [0.05, 0.1) is 17.5 Å². The Morgan fingerprint density at radius 1 is 0.930 bits per heavy atom. The van der Waals surface area contributed by atoms with Crippen molar-refractivity contribution in [3.8, 4) is 5.75 Å². The fourth-order valence-electron chi connectivity index (χ4n) is 7.17. The first-order valence-electron chi connectivity index (χ1n) is 14.4. The summed E-state index contributed by atoms with van der Waals surface area (Å²) in [7, 11) is 0. The van der Waals surface area contributed by atoms with Gasteiger partial charge in [0.15, 0.2) is 11.6 Å². The summed E-state index contributed by atoms with van der Waals surface area (Å²) in [6, 6.07) is 28.2. The van der Waals surface area contributed by atoms with Gasteiger partial charge in [-0.3, -0.25) is 14.4 Å². The number of hydrogen-bond donors (Lipinski definition) is 1. The van der Waals surface area contributed by atoms with E-state index in [1.165, 1.54) is 0 Å². The van der Waals surface area contributed by atoms with Gasteiger partial charge in [-0.2, -0.15) is 0 Å². The summed E-state index contributed by atoms with van der Waals surface area (Å²) in [5.41, 5.74) is 3.64. The number of anilines is 1. The van der Waals surface area contributed by atoms with Crippen LogP contribution in [-0.4, -0.2) is 35.0 Å². The molecule has 1 fully saturated rings. The first kappa shape index (κ1) is 26.7. The van der Waals surface area contributed by atoms with Gasteiger partial charge in [0, 0.05) is 17.5 Å². The molecule has 1 saturated heterocycles. The van der Waals surface area contributed by atoms with Gasteiger partial charge < -0.3 is 15.0 Å². The number of Topliss-reactive ketones (excluding diaryl/α,β-unsaturated/α-hetero) is 2. The van der Waals surface area contributed by atoms with E-state index >= 15 is 4.79 Å². The first-order valence-corrected chi connectivity index (χ1v) is 14.4. The number of hydrogen-bond acceptors (Lipinski definition) is 5. The fourth-order valence-corrected chi connectivity index (χ4v) is 7.17. The van der Waals surface area contributed by atoms with Crippen molar-refractivity contribution < 1.29 is 19.1 Å². The number of amides is 1. The van der Waals surface area contributed by atoms with Gasteiger partial charge in [0.2, 0.25) is 5.91 Å². The summed E-state index contributed by atoms with van der Waals surface area (Å²) in [6.07, 6.45) is 5.46. The highest BCUT2D eigenvalue weighted by Gasteiger charge is 2.70. The fraction of sp³-hybridized carbons (Fsp3) is 0.162. The molecule has 0 saturated carbocycles. The lowest BCUT2D eigenvalue weighted by molar-refractivity contribution is -0.122. The molecule has 4 aromatic rings. The van der Waals surface area contributed by atoms with Crippen LogP contribution in [0.15, 0.2) is 116 Å². The van der Waals surface area contributed by atoms with Crippen LogP contribution in [0.4, 0.5) is 5.69 Å². The molecular weight excluding hydrogens is 536 g/mol. The van der Waals surface area contributed by atoms with E-state index in [1.54, 1.807) is 42.5 Å². The van der Waals surface area contributed by atoms with Crippen LogP contribution in [0.3, 0.4) is 0 Å². The molecule has 4 aromatic carbocycles. The second-order valence-corrected chi connectivity index (χ2v) is 11.3. The van der Waals surface area contributed by atoms with Crippen molar-refractivity contribution >= 4 is 29.2 Å². The summed E-state index contributed by atoms with van der Waals surface area (Å²) in [4.78, 5) is 46.3. The standard InChI is InChI=1S/C37H30N2O4/c1-3-22-43-30-15-9-6-12-27(30)34(41)31-32(33(40)25-18-16-23(2)17-19-25)39-21-20-24-10-4-5-11-26(24)35(39)37(31)28-13-7-8-14-29(28)38-36(37)42/h3-21,31-32,35H,1,22H2,2H3,(H,38,42)/t31-,32-,35+,37-/m0/s1. The van der Waals surface area contributed by atoms with Crippen LogP contribution < -0.4 is 10.1 Å². The van der Waals surface area contributed by atoms with Gasteiger partial charge in [0.25, 0.3) is 0 Å². The van der Waals surface area contributed by atoms with Gasteiger partial charge in [0.1, 0.15) is 23.8 Å². The maximum atomic E-state index is 15.1. The third kappa shape index (κ3) is 3.90. The molecule has 3 aliphatic heterocycles. The van der Waals surface area contributed by atoms with Crippen molar-refractivity contribution in [2.45, 2.75) is 24.4 Å². The molecule has 0 aromatic heterocycles. The molecule has 0 unspecified atom stereocenters. The molecule has 0 aliphatic carbocycles. The molecular formula is C37H30N2O4. The SMILES string of the molecule is C=CCOc1ccccc1C(=O)[C@@H]1[C@@H](C(=O)c2ccc(C)cc2)N2C=Cc3ccccc3[C@@H]2[C@@]12C(=O)Nc1ccccc12. The maximum Gasteiger partial charge on any atom is 0.238 e. The van der Waals surface area contributed by atoms with E-state index < -0.39 is 23.4 Å². The number of rotatable bonds is 7.